The van der Waals surface area contributed by atoms with E-state index in [1.807, 2.05) is 19.1 Å². The van der Waals surface area contributed by atoms with Crippen LogP contribution in [0.25, 0.3) is 6.08 Å². The van der Waals surface area contributed by atoms with Crippen LogP contribution in [-0.2, 0) is 4.79 Å². The summed E-state index contributed by atoms with van der Waals surface area (Å²) in [6.07, 6.45) is 4.64. The number of urea groups is 1. The number of aryl methyl sites for hydroxylation is 1. The predicted octanol–water partition coefficient (Wildman–Crippen LogP) is 2.38. The first-order chi connectivity index (χ1) is 9.02. The smallest absolute Gasteiger partial charge is 0.328 e. The van der Waals surface area contributed by atoms with Crippen molar-refractivity contribution >= 4 is 23.8 Å². The highest BCUT2D eigenvalue weighted by molar-refractivity contribution is 5.90. The van der Waals surface area contributed by atoms with Gasteiger partial charge in [0.15, 0.2) is 0 Å². The minimum atomic E-state index is -0.998. The molecule has 0 unspecified atom stereocenters. The zero-order chi connectivity index (χ0) is 13.8. The molecule has 1 saturated carbocycles. The van der Waals surface area contributed by atoms with E-state index in [9.17, 15) is 9.59 Å². The van der Waals surface area contributed by atoms with Crippen LogP contribution in [-0.4, -0.2) is 23.1 Å². The van der Waals surface area contributed by atoms with Gasteiger partial charge in [0, 0.05) is 17.8 Å². The topological polar surface area (TPSA) is 78.4 Å². The van der Waals surface area contributed by atoms with Gasteiger partial charge in [-0.15, -0.1) is 0 Å². The van der Waals surface area contributed by atoms with Crippen molar-refractivity contribution in [3.8, 4) is 0 Å². The Labute approximate surface area is 111 Å². The fourth-order valence-corrected chi connectivity index (χ4v) is 1.73. The van der Waals surface area contributed by atoms with E-state index in [1.165, 1.54) is 6.08 Å². The zero-order valence-corrected chi connectivity index (χ0v) is 10.6. The van der Waals surface area contributed by atoms with Crippen LogP contribution in [0.3, 0.4) is 0 Å². The van der Waals surface area contributed by atoms with Crippen LogP contribution in [0.15, 0.2) is 24.3 Å². The number of benzene rings is 1. The quantitative estimate of drug-likeness (QED) is 0.727. The molecule has 0 aliphatic heterocycles. The summed E-state index contributed by atoms with van der Waals surface area (Å²) >= 11 is 0. The second kappa shape index (κ2) is 5.56. The van der Waals surface area contributed by atoms with Crippen molar-refractivity contribution in [1.29, 1.82) is 0 Å². The second-order valence-electron chi connectivity index (χ2n) is 4.68. The minimum absolute atomic E-state index is 0.221. The van der Waals surface area contributed by atoms with E-state index >= 15 is 0 Å². The Hall–Kier alpha value is -2.30. The van der Waals surface area contributed by atoms with Crippen molar-refractivity contribution in [2.75, 3.05) is 5.32 Å². The van der Waals surface area contributed by atoms with Gasteiger partial charge in [-0.2, -0.15) is 0 Å². The largest absolute Gasteiger partial charge is 0.478 e. The van der Waals surface area contributed by atoms with Crippen LogP contribution >= 0.6 is 0 Å². The van der Waals surface area contributed by atoms with Gasteiger partial charge in [0.05, 0.1) is 0 Å². The van der Waals surface area contributed by atoms with Crippen molar-refractivity contribution in [2.45, 2.75) is 25.8 Å². The average Bonchev–Trinajstić information content (AvgIpc) is 3.09. The van der Waals surface area contributed by atoms with Crippen LogP contribution in [0, 0.1) is 6.92 Å². The first-order valence-corrected chi connectivity index (χ1v) is 6.13. The van der Waals surface area contributed by atoms with E-state index in [2.05, 4.69) is 10.6 Å². The number of hydrogen-bond donors (Lipinski definition) is 3. The van der Waals surface area contributed by atoms with E-state index < -0.39 is 5.97 Å². The molecule has 5 heteroatoms. The van der Waals surface area contributed by atoms with E-state index in [4.69, 9.17) is 5.11 Å². The molecule has 1 aliphatic rings. The Morgan fingerprint density at radius 3 is 2.68 bits per heavy atom. The fraction of sp³-hybridized carbons (Fsp3) is 0.286. The summed E-state index contributed by atoms with van der Waals surface area (Å²) in [5.74, 6) is -0.998. The van der Waals surface area contributed by atoms with Crippen molar-refractivity contribution in [2.24, 2.45) is 0 Å². The van der Waals surface area contributed by atoms with Crippen molar-refractivity contribution in [1.82, 2.24) is 5.32 Å². The average molecular weight is 260 g/mol. The lowest BCUT2D eigenvalue weighted by molar-refractivity contribution is -0.131. The molecule has 0 heterocycles. The maximum Gasteiger partial charge on any atom is 0.328 e. The lowest BCUT2D eigenvalue weighted by Gasteiger charge is -2.08. The summed E-state index contributed by atoms with van der Waals surface area (Å²) in [6, 6.07) is 5.50. The highest BCUT2D eigenvalue weighted by Crippen LogP contribution is 2.19. The molecule has 3 N–H and O–H groups in total. The maximum absolute atomic E-state index is 11.6. The van der Waals surface area contributed by atoms with Crippen molar-refractivity contribution in [3.05, 3.63) is 35.4 Å². The lowest BCUT2D eigenvalue weighted by Crippen LogP contribution is -2.30. The maximum atomic E-state index is 11.6. The molecule has 1 aliphatic carbocycles. The van der Waals surface area contributed by atoms with Gasteiger partial charge in [-0.1, -0.05) is 6.07 Å². The van der Waals surface area contributed by atoms with Crippen molar-refractivity contribution < 1.29 is 14.7 Å². The van der Waals surface area contributed by atoms with Gasteiger partial charge >= 0.3 is 12.0 Å². The van der Waals surface area contributed by atoms with Gasteiger partial charge < -0.3 is 15.7 Å². The number of carbonyl (C=O) groups excluding carboxylic acids is 1. The lowest BCUT2D eigenvalue weighted by atomic mass is 10.1. The third-order valence-electron chi connectivity index (χ3n) is 2.69. The van der Waals surface area contributed by atoms with E-state index in [0.29, 0.717) is 11.7 Å². The molecule has 0 spiro atoms. The summed E-state index contributed by atoms with van der Waals surface area (Å²) in [4.78, 5) is 22.1. The Bertz CT molecular complexity index is 533. The molecule has 0 atom stereocenters. The van der Waals surface area contributed by atoms with Crippen LogP contribution in [0.1, 0.15) is 24.0 Å². The Balaban J connectivity index is 2.06. The fourth-order valence-electron chi connectivity index (χ4n) is 1.73. The van der Waals surface area contributed by atoms with Gasteiger partial charge in [0.1, 0.15) is 0 Å². The van der Waals surface area contributed by atoms with Gasteiger partial charge in [0.25, 0.3) is 0 Å². The molecule has 0 bridgehead atoms. The molecule has 100 valence electrons. The van der Waals surface area contributed by atoms with Gasteiger partial charge in [-0.05, 0) is 49.1 Å². The number of hydrogen-bond acceptors (Lipinski definition) is 2. The van der Waals surface area contributed by atoms with Gasteiger partial charge in [-0.25, -0.2) is 9.59 Å². The Kier molecular flexibility index (Phi) is 3.85. The number of carboxylic acid groups (broad SMARTS) is 1. The Morgan fingerprint density at radius 1 is 1.32 bits per heavy atom. The molecule has 0 aromatic heterocycles. The molecular formula is C14H16N2O3. The van der Waals surface area contributed by atoms with Crippen molar-refractivity contribution in [3.63, 3.8) is 0 Å². The number of nitrogens with one attached hydrogen (secondary N) is 2. The summed E-state index contributed by atoms with van der Waals surface area (Å²) in [6.45, 7) is 1.89. The van der Waals surface area contributed by atoms with Gasteiger partial charge in [0.2, 0.25) is 0 Å². The summed E-state index contributed by atoms with van der Waals surface area (Å²) < 4.78 is 0. The highest BCUT2D eigenvalue weighted by Gasteiger charge is 2.23. The summed E-state index contributed by atoms with van der Waals surface area (Å²) in [5, 5.41) is 14.2. The molecule has 2 rings (SSSR count). The number of anilines is 1. The number of rotatable bonds is 4. The van der Waals surface area contributed by atoms with Crippen LogP contribution in [0.5, 0.6) is 0 Å². The number of carboxylic acids is 1. The predicted molar refractivity (Wildman–Crippen MR) is 73.0 cm³/mol. The molecular weight excluding hydrogens is 244 g/mol. The first-order valence-electron chi connectivity index (χ1n) is 6.13. The number of aliphatic carboxylic acids is 1. The van der Waals surface area contributed by atoms with Crippen LogP contribution in [0.4, 0.5) is 10.5 Å². The summed E-state index contributed by atoms with van der Waals surface area (Å²) in [5.41, 5.74) is 2.35. The van der Waals surface area contributed by atoms with Crippen LogP contribution < -0.4 is 10.6 Å². The van der Waals surface area contributed by atoms with Gasteiger partial charge in [-0.3, -0.25) is 0 Å². The second-order valence-corrected chi connectivity index (χ2v) is 4.68. The third kappa shape index (κ3) is 4.46. The minimum Gasteiger partial charge on any atom is -0.478 e. The molecule has 1 fully saturated rings. The standard InChI is InChI=1S/C14H16N2O3/c1-9-6-10(2-5-13(17)18)8-12(7-9)16-14(19)15-11-3-4-11/h2,5-8,11H,3-4H2,1H3,(H,17,18)(H2,15,16,19)/b5-2+. The highest BCUT2D eigenvalue weighted by atomic mass is 16.4. The van der Waals surface area contributed by atoms with E-state index in [-0.39, 0.29) is 6.03 Å². The normalized spacial score (nSPS) is 14.4. The number of carbonyl (C=O) groups is 2. The monoisotopic (exact) mass is 260 g/mol. The molecule has 0 radical (unpaired) electrons. The van der Waals surface area contributed by atoms with Crippen LogP contribution in [0.2, 0.25) is 0 Å². The van der Waals surface area contributed by atoms with E-state index in [0.717, 1.165) is 30.0 Å². The molecule has 2 amide bonds. The molecule has 1 aromatic carbocycles. The third-order valence-corrected chi connectivity index (χ3v) is 2.69. The van der Waals surface area contributed by atoms with E-state index in [1.54, 1.807) is 6.07 Å². The summed E-state index contributed by atoms with van der Waals surface area (Å²) in [7, 11) is 0. The molecule has 0 saturated heterocycles. The Morgan fingerprint density at radius 2 is 2.05 bits per heavy atom. The first kappa shape index (κ1) is 13.1. The molecule has 1 aromatic rings. The number of amides is 2. The zero-order valence-electron chi connectivity index (χ0n) is 10.6. The SMILES string of the molecule is Cc1cc(/C=C/C(=O)O)cc(NC(=O)NC2CC2)c1. The molecule has 5 nitrogen and oxygen atoms in total. The molecule has 19 heavy (non-hydrogen) atoms.